The van der Waals surface area contributed by atoms with Crippen LogP contribution >= 0.6 is 22.9 Å². The molecule has 4 rings (SSSR count). The predicted molar refractivity (Wildman–Crippen MR) is 112 cm³/mol. The van der Waals surface area contributed by atoms with Crippen LogP contribution in [0.15, 0.2) is 10.5 Å². The van der Waals surface area contributed by atoms with E-state index in [4.69, 9.17) is 26.8 Å². The molecule has 3 aliphatic rings. The van der Waals surface area contributed by atoms with Crippen LogP contribution in [-0.4, -0.2) is 51.8 Å². The molecule has 2 aliphatic heterocycles. The summed E-state index contributed by atoms with van der Waals surface area (Å²) in [6, 6.07) is 0. The molecule has 2 fully saturated rings. The lowest BCUT2D eigenvalue weighted by Gasteiger charge is -2.40. The average Bonchev–Trinajstić information content (AvgIpc) is 3.32. The third-order valence-corrected chi connectivity index (χ3v) is 7.51. The van der Waals surface area contributed by atoms with Crippen LogP contribution in [0.4, 0.5) is 0 Å². The van der Waals surface area contributed by atoms with E-state index in [9.17, 15) is 4.79 Å². The summed E-state index contributed by atoms with van der Waals surface area (Å²) in [6.07, 6.45) is 5.11. The fraction of sp³-hybridized carbons (Fsp3) is 0.700. The zero-order valence-electron chi connectivity index (χ0n) is 16.5. The Balaban J connectivity index is 1.42. The van der Waals surface area contributed by atoms with Crippen molar-refractivity contribution in [3.63, 3.8) is 0 Å². The molecule has 1 saturated heterocycles. The molecule has 1 aliphatic carbocycles. The van der Waals surface area contributed by atoms with Crippen LogP contribution in [0.3, 0.4) is 0 Å². The Hall–Kier alpha value is -1.47. The van der Waals surface area contributed by atoms with Crippen molar-refractivity contribution in [2.45, 2.75) is 63.9 Å². The second-order valence-electron chi connectivity index (χ2n) is 8.98. The number of carbonyl (C=O) groups excluding carboxylic acids is 1. The number of piperidine rings is 1. The number of amides is 1. The highest BCUT2D eigenvalue weighted by Gasteiger charge is 2.50. The molecule has 1 amide bonds. The summed E-state index contributed by atoms with van der Waals surface area (Å²) in [5.41, 5.74) is 2.00. The van der Waals surface area contributed by atoms with E-state index < -0.39 is 5.60 Å². The molecular formula is C20H27ClN4O2S. The number of thiazole rings is 1. The normalized spacial score (nSPS) is 27.8. The van der Waals surface area contributed by atoms with Gasteiger partial charge in [0.25, 0.3) is 0 Å². The van der Waals surface area contributed by atoms with E-state index in [-0.39, 0.29) is 17.2 Å². The number of halogens is 1. The largest absolute Gasteiger partial charge is 0.382 e. The minimum atomic E-state index is -0.575. The highest BCUT2D eigenvalue weighted by atomic mass is 35.5. The maximum absolute atomic E-state index is 11.7. The molecule has 1 atom stereocenters. The summed E-state index contributed by atoms with van der Waals surface area (Å²) in [5, 5.41) is 16.0. The molecule has 1 spiro atoms. The van der Waals surface area contributed by atoms with Gasteiger partial charge < -0.3 is 15.1 Å². The van der Waals surface area contributed by atoms with Crippen LogP contribution in [-0.2, 0) is 9.63 Å². The zero-order valence-corrected chi connectivity index (χ0v) is 18.0. The topological polar surface area (TPSA) is 78.6 Å². The van der Waals surface area contributed by atoms with Crippen LogP contribution in [0.2, 0.25) is 0 Å². The van der Waals surface area contributed by atoms with E-state index in [1.165, 1.54) is 0 Å². The van der Waals surface area contributed by atoms with E-state index in [0.717, 1.165) is 61.6 Å². The van der Waals surface area contributed by atoms with E-state index in [2.05, 4.69) is 24.4 Å². The van der Waals surface area contributed by atoms with Crippen LogP contribution in [0.1, 0.15) is 69.0 Å². The lowest BCUT2D eigenvalue weighted by atomic mass is 9.67. The molecule has 1 aromatic rings. The van der Waals surface area contributed by atoms with E-state index in [0.29, 0.717) is 18.1 Å². The third-order valence-electron chi connectivity index (χ3n) is 6.28. The smallest absolute Gasteiger partial charge is 0.237 e. The van der Waals surface area contributed by atoms with Gasteiger partial charge in [-0.1, -0.05) is 19.0 Å². The Morgan fingerprint density at radius 3 is 2.89 bits per heavy atom. The van der Waals surface area contributed by atoms with Crippen molar-refractivity contribution in [3.05, 3.63) is 16.1 Å². The Kier molecular flexibility index (Phi) is 5.25. The zero-order chi connectivity index (χ0) is 19.9. The van der Waals surface area contributed by atoms with Crippen LogP contribution in [0.5, 0.6) is 0 Å². The first-order valence-electron chi connectivity index (χ1n) is 9.94. The molecule has 0 radical (unpaired) electrons. The van der Waals surface area contributed by atoms with Crippen LogP contribution < -0.4 is 0 Å². The fourth-order valence-electron chi connectivity index (χ4n) is 4.60. The summed E-state index contributed by atoms with van der Waals surface area (Å²) in [5.74, 6) is 0.446. The number of hydrogen-bond acceptors (Lipinski definition) is 6. The number of alkyl halides is 1. The summed E-state index contributed by atoms with van der Waals surface area (Å²) in [6.45, 7) is 5.96. The minimum Gasteiger partial charge on any atom is -0.382 e. The first kappa shape index (κ1) is 19.8. The quantitative estimate of drug-likeness (QED) is 0.742. The number of nitrogens with one attached hydrogen (secondary N) is 1. The molecule has 152 valence electrons. The Bertz CT molecular complexity index is 813. The highest BCUT2D eigenvalue weighted by Crippen LogP contribution is 2.45. The number of likely N-dealkylation sites (tertiary alicyclic amines) is 1. The van der Waals surface area contributed by atoms with Crippen molar-refractivity contribution in [3.8, 4) is 0 Å². The molecule has 1 N–H and O–H groups in total. The predicted octanol–water partition coefficient (Wildman–Crippen LogP) is 4.18. The van der Waals surface area contributed by atoms with Crippen molar-refractivity contribution < 1.29 is 9.63 Å². The van der Waals surface area contributed by atoms with Crippen molar-refractivity contribution in [1.82, 2.24) is 9.88 Å². The number of aromatic nitrogens is 1. The third kappa shape index (κ3) is 3.71. The molecule has 8 heteroatoms. The number of nitrogens with zero attached hydrogens (tertiary/aromatic N) is 3. The van der Waals surface area contributed by atoms with Gasteiger partial charge in [-0.2, -0.15) is 0 Å². The molecule has 1 aromatic heterocycles. The van der Waals surface area contributed by atoms with E-state index in [1.807, 2.05) is 4.90 Å². The molecule has 28 heavy (non-hydrogen) atoms. The fourth-order valence-corrected chi connectivity index (χ4v) is 5.77. The van der Waals surface area contributed by atoms with Gasteiger partial charge in [0.15, 0.2) is 5.60 Å². The van der Waals surface area contributed by atoms with Crippen LogP contribution in [0.25, 0.3) is 0 Å². The lowest BCUT2D eigenvalue weighted by molar-refractivity contribution is -0.129. The average molecular weight is 423 g/mol. The number of hydrogen-bond donors (Lipinski definition) is 1. The molecule has 3 heterocycles. The van der Waals surface area contributed by atoms with Gasteiger partial charge in [0, 0.05) is 37.2 Å². The number of carbonyl (C=O) groups is 1. The molecule has 6 nitrogen and oxygen atoms in total. The van der Waals surface area contributed by atoms with Crippen LogP contribution in [0, 0.1) is 10.8 Å². The van der Waals surface area contributed by atoms with Crippen molar-refractivity contribution >= 4 is 40.3 Å². The number of oxime groups is 1. The minimum absolute atomic E-state index is 0.0144. The summed E-state index contributed by atoms with van der Waals surface area (Å²) < 4.78 is 0. The standard InChI is InChI=1S/C20H27ClN4O2S/c1-19(2)6-3-16(22)20(12-19)9-14(24-27-20)15-11-28-18(23-15)13-4-7-25(8-5-13)17(26)10-21/h11,13,22H,3-10,12H2,1-2H3. The maximum atomic E-state index is 11.7. The highest BCUT2D eigenvalue weighted by molar-refractivity contribution is 7.10. The monoisotopic (exact) mass is 422 g/mol. The molecule has 1 saturated carbocycles. The van der Waals surface area contributed by atoms with E-state index >= 15 is 0 Å². The van der Waals surface area contributed by atoms with Crippen molar-refractivity contribution in [2.24, 2.45) is 10.6 Å². The Morgan fingerprint density at radius 1 is 1.43 bits per heavy atom. The summed E-state index contributed by atoms with van der Waals surface area (Å²) in [7, 11) is 0. The van der Waals surface area contributed by atoms with Gasteiger partial charge in [-0.25, -0.2) is 4.98 Å². The van der Waals surface area contributed by atoms with Gasteiger partial charge in [0.2, 0.25) is 5.91 Å². The second kappa shape index (κ2) is 7.41. The SMILES string of the molecule is CC1(C)CCC(=N)C2(CC(c3csc(C4CCN(C(=O)CCl)CC4)n3)=NO2)C1. The van der Waals surface area contributed by atoms with Gasteiger partial charge in [0.05, 0.1) is 16.4 Å². The first-order chi connectivity index (χ1) is 13.3. The van der Waals surface area contributed by atoms with Gasteiger partial charge >= 0.3 is 0 Å². The molecule has 0 bridgehead atoms. The van der Waals surface area contributed by atoms with Crippen molar-refractivity contribution in [1.29, 1.82) is 5.41 Å². The summed E-state index contributed by atoms with van der Waals surface area (Å²) >= 11 is 7.33. The molecular weight excluding hydrogens is 396 g/mol. The van der Waals surface area contributed by atoms with Gasteiger partial charge in [-0.15, -0.1) is 22.9 Å². The van der Waals surface area contributed by atoms with Gasteiger partial charge in [-0.05, 0) is 31.1 Å². The van der Waals surface area contributed by atoms with Crippen molar-refractivity contribution in [2.75, 3.05) is 19.0 Å². The first-order valence-corrected chi connectivity index (χ1v) is 11.4. The molecule has 1 unspecified atom stereocenters. The second-order valence-corrected chi connectivity index (χ2v) is 10.1. The maximum Gasteiger partial charge on any atom is 0.237 e. The lowest BCUT2D eigenvalue weighted by Crippen LogP contribution is -2.46. The Labute approximate surface area is 174 Å². The number of rotatable bonds is 3. The summed E-state index contributed by atoms with van der Waals surface area (Å²) in [4.78, 5) is 24.3. The molecule has 0 aromatic carbocycles. The van der Waals surface area contributed by atoms with Gasteiger partial charge in [-0.3, -0.25) is 4.79 Å². The van der Waals surface area contributed by atoms with Gasteiger partial charge in [0.1, 0.15) is 11.6 Å². The Morgan fingerprint density at radius 2 is 2.18 bits per heavy atom. The van der Waals surface area contributed by atoms with E-state index in [1.54, 1.807) is 11.3 Å².